The summed E-state index contributed by atoms with van der Waals surface area (Å²) in [6.45, 7) is 1.99. The molecule has 0 saturated heterocycles. The van der Waals surface area contributed by atoms with Crippen molar-refractivity contribution in [2.24, 2.45) is 0 Å². The minimum Gasteiger partial charge on any atom is -0.772 e. The van der Waals surface area contributed by atoms with Crippen LogP contribution in [0.25, 0.3) is 11.1 Å². The van der Waals surface area contributed by atoms with Crippen molar-refractivity contribution in [3.8, 4) is 11.1 Å². The first-order valence-electron chi connectivity index (χ1n) is 5.83. The van der Waals surface area contributed by atoms with Crippen LogP contribution >= 0.6 is 0 Å². The number of aryl methyl sites for hydroxylation is 1. The van der Waals surface area contributed by atoms with Crippen LogP contribution in [0.5, 0.6) is 0 Å². The third-order valence-corrected chi connectivity index (χ3v) is 3.34. The standard InChI is InChI=1S/C15H14O3S/c1-11-6-8-12(9-7-11)13-4-2-3-5-14(13)15(16)10-19(17)18/h2-9H,10H2,1H3,(H,17,18)/p-1. The molecule has 19 heavy (non-hydrogen) atoms. The highest BCUT2D eigenvalue weighted by Crippen LogP contribution is 2.24. The number of hydrogen-bond acceptors (Lipinski definition) is 3. The Kier molecular flexibility index (Phi) is 4.24. The monoisotopic (exact) mass is 273 g/mol. The van der Waals surface area contributed by atoms with Crippen LogP contribution in [0.15, 0.2) is 48.5 Å². The number of rotatable bonds is 4. The van der Waals surface area contributed by atoms with Crippen molar-refractivity contribution in [3.63, 3.8) is 0 Å². The summed E-state index contributed by atoms with van der Waals surface area (Å²) in [5.41, 5.74) is 3.24. The van der Waals surface area contributed by atoms with Crippen LogP contribution in [0.3, 0.4) is 0 Å². The van der Waals surface area contributed by atoms with E-state index < -0.39 is 16.8 Å². The van der Waals surface area contributed by atoms with Gasteiger partial charge in [0, 0.05) is 5.56 Å². The average molecular weight is 273 g/mol. The van der Waals surface area contributed by atoms with E-state index in [0.717, 1.165) is 16.7 Å². The highest BCUT2D eigenvalue weighted by atomic mass is 32.2. The normalized spacial score (nSPS) is 12.1. The molecule has 0 bridgehead atoms. The van der Waals surface area contributed by atoms with Crippen molar-refractivity contribution in [1.29, 1.82) is 0 Å². The quantitative estimate of drug-likeness (QED) is 0.635. The predicted octanol–water partition coefficient (Wildman–Crippen LogP) is 2.72. The molecule has 0 radical (unpaired) electrons. The van der Waals surface area contributed by atoms with Crippen LogP contribution in [0.2, 0.25) is 0 Å². The summed E-state index contributed by atoms with van der Waals surface area (Å²) < 4.78 is 21.3. The van der Waals surface area contributed by atoms with Gasteiger partial charge in [-0.1, -0.05) is 54.1 Å². The smallest absolute Gasteiger partial charge is 0.174 e. The molecule has 2 aromatic rings. The lowest BCUT2D eigenvalue weighted by molar-refractivity contribution is 0.102. The highest BCUT2D eigenvalue weighted by Gasteiger charge is 2.12. The summed E-state index contributed by atoms with van der Waals surface area (Å²) in [6, 6.07) is 14.8. The maximum Gasteiger partial charge on any atom is 0.174 e. The fraction of sp³-hybridized carbons (Fsp3) is 0.133. The minimum absolute atomic E-state index is 0.385. The lowest BCUT2D eigenvalue weighted by atomic mass is 9.97. The SMILES string of the molecule is Cc1ccc(-c2ccccc2C(=O)CS(=O)[O-])cc1. The molecule has 0 saturated carbocycles. The van der Waals surface area contributed by atoms with Crippen molar-refractivity contribution in [2.45, 2.75) is 6.92 Å². The third-order valence-electron chi connectivity index (χ3n) is 2.84. The maximum absolute atomic E-state index is 11.9. The van der Waals surface area contributed by atoms with Crippen LogP contribution in [-0.2, 0) is 11.1 Å². The molecule has 0 heterocycles. The van der Waals surface area contributed by atoms with Crippen molar-refractivity contribution in [2.75, 3.05) is 5.75 Å². The lowest BCUT2D eigenvalue weighted by Gasteiger charge is -2.10. The van der Waals surface area contributed by atoms with Gasteiger partial charge in [0.15, 0.2) is 5.78 Å². The van der Waals surface area contributed by atoms with E-state index in [2.05, 4.69) is 0 Å². The molecular formula is C15H13O3S-. The lowest BCUT2D eigenvalue weighted by Crippen LogP contribution is -2.11. The van der Waals surface area contributed by atoms with Gasteiger partial charge in [0.2, 0.25) is 0 Å². The van der Waals surface area contributed by atoms with Crippen molar-refractivity contribution >= 4 is 16.9 Å². The zero-order valence-electron chi connectivity index (χ0n) is 10.5. The van der Waals surface area contributed by atoms with Crippen LogP contribution in [0.4, 0.5) is 0 Å². The van der Waals surface area contributed by atoms with E-state index in [4.69, 9.17) is 0 Å². The van der Waals surface area contributed by atoms with Gasteiger partial charge in [-0.2, -0.15) is 0 Å². The van der Waals surface area contributed by atoms with Gasteiger partial charge in [-0.25, -0.2) is 0 Å². The maximum atomic E-state index is 11.9. The number of hydrogen-bond donors (Lipinski definition) is 0. The van der Waals surface area contributed by atoms with Gasteiger partial charge in [-0.15, -0.1) is 0 Å². The molecule has 2 rings (SSSR count). The second kappa shape index (κ2) is 5.91. The largest absolute Gasteiger partial charge is 0.772 e. The van der Waals surface area contributed by atoms with Crippen LogP contribution in [0.1, 0.15) is 15.9 Å². The van der Waals surface area contributed by atoms with Gasteiger partial charge in [-0.3, -0.25) is 9.00 Å². The molecule has 0 N–H and O–H groups in total. The summed E-state index contributed by atoms with van der Waals surface area (Å²) in [6.07, 6.45) is 0. The van der Waals surface area contributed by atoms with Gasteiger partial charge < -0.3 is 4.55 Å². The Hall–Kier alpha value is -1.78. The second-order valence-corrected chi connectivity index (χ2v) is 5.18. The first-order chi connectivity index (χ1) is 9.08. The Bertz CT molecular complexity index is 618. The van der Waals surface area contributed by atoms with E-state index in [9.17, 15) is 13.6 Å². The van der Waals surface area contributed by atoms with E-state index in [1.165, 1.54) is 0 Å². The van der Waals surface area contributed by atoms with E-state index in [1.807, 2.05) is 43.3 Å². The fourth-order valence-corrected chi connectivity index (χ4v) is 2.27. The van der Waals surface area contributed by atoms with Gasteiger partial charge in [0.25, 0.3) is 0 Å². The molecule has 1 unspecified atom stereocenters. The number of benzene rings is 2. The molecule has 0 fully saturated rings. The molecule has 0 amide bonds. The first-order valence-corrected chi connectivity index (χ1v) is 7.07. The van der Waals surface area contributed by atoms with E-state index in [1.54, 1.807) is 12.1 Å². The highest BCUT2D eigenvalue weighted by molar-refractivity contribution is 7.79. The second-order valence-electron chi connectivity index (χ2n) is 4.28. The summed E-state index contributed by atoms with van der Waals surface area (Å²) in [5, 5.41) is 0. The van der Waals surface area contributed by atoms with Crippen LogP contribution in [-0.4, -0.2) is 20.3 Å². The molecule has 3 nitrogen and oxygen atoms in total. The Morgan fingerprint density at radius 1 is 1.11 bits per heavy atom. The molecule has 0 aliphatic carbocycles. The van der Waals surface area contributed by atoms with Crippen LogP contribution < -0.4 is 0 Å². The summed E-state index contributed by atoms with van der Waals surface area (Å²) in [4.78, 5) is 11.9. The van der Waals surface area contributed by atoms with Gasteiger partial charge in [0.1, 0.15) is 0 Å². The molecule has 0 aliphatic heterocycles. The Morgan fingerprint density at radius 3 is 2.37 bits per heavy atom. The molecule has 98 valence electrons. The number of Topliss-reactive ketones (excluding diaryl/α,β-unsaturated/α-hetero) is 1. The van der Waals surface area contributed by atoms with Gasteiger partial charge >= 0.3 is 0 Å². The first kappa shape index (κ1) is 13.6. The van der Waals surface area contributed by atoms with E-state index >= 15 is 0 Å². The predicted molar refractivity (Wildman–Crippen MR) is 74.7 cm³/mol. The third kappa shape index (κ3) is 3.36. The topological polar surface area (TPSA) is 57.2 Å². The molecule has 0 aromatic heterocycles. The Balaban J connectivity index is 2.44. The molecule has 2 aromatic carbocycles. The van der Waals surface area contributed by atoms with E-state index in [-0.39, 0.29) is 5.78 Å². The summed E-state index contributed by atoms with van der Waals surface area (Å²) in [7, 11) is 0. The number of carbonyl (C=O) groups excluding carboxylic acids is 1. The zero-order valence-corrected chi connectivity index (χ0v) is 11.3. The molecule has 0 spiro atoms. The Labute approximate surface area is 114 Å². The summed E-state index contributed by atoms with van der Waals surface area (Å²) in [5.74, 6) is -0.868. The van der Waals surface area contributed by atoms with Crippen molar-refractivity contribution in [3.05, 3.63) is 59.7 Å². The van der Waals surface area contributed by atoms with Gasteiger partial charge in [0.05, 0.1) is 5.75 Å². The van der Waals surface area contributed by atoms with E-state index in [0.29, 0.717) is 5.56 Å². The average Bonchev–Trinajstić information content (AvgIpc) is 2.39. The molecule has 4 heteroatoms. The number of carbonyl (C=O) groups is 1. The molecular weight excluding hydrogens is 260 g/mol. The molecule has 1 atom stereocenters. The number of ketones is 1. The molecule has 0 aliphatic rings. The van der Waals surface area contributed by atoms with Gasteiger partial charge in [-0.05, 0) is 29.1 Å². The minimum atomic E-state index is -2.36. The Morgan fingerprint density at radius 2 is 1.74 bits per heavy atom. The van der Waals surface area contributed by atoms with Crippen molar-refractivity contribution in [1.82, 2.24) is 0 Å². The summed E-state index contributed by atoms with van der Waals surface area (Å²) >= 11 is -2.36. The van der Waals surface area contributed by atoms with Crippen LogP contribution in [0, 0.1) is 6.92 Å². The zero-order chi connectivity index (χ0) is 13.8. The van der Waals surface area contributed by atoms with Crippen molar-refractivity contribution < 1.29 is 13.6 Å². The fourth-order valence-electron chi connectivity index (χ4n) is 1.90.